The van der Waals surface area contributed by atoms with E-state index in [1.807, 2.05) is 0 Å². The second-order valence-corrected chi connectivity index (χ2v) is 8.79. The van der Waals surface area contributed by atoms with Crippen LogP contribution in [0.3, 0.4) is 0 Å². The summed E-state index contributed by atoms with van der Waals surface area (Å²) < 4.78 is 0. The Hall–Kier alpha value is -0.340. The molecule has 0 heterocycles. The number of aliphatic hydroxyl groups excluding tert-OH is 2. The van der Waals surface area contributed by atoms with Crippen LogP contribution in [0.15, 0.2) is 11.6 Å². The summed E-state index contributed by atoms with van der Waals surface area (Å²) in [5.74, 6) is 2.27. The molecule has 0 aliphatic heterocycles. The molecule has 0 bridgehead atoms. The lowest BCUT2D eigenvalue weighted by Crippen LogP contribution is -2.51. The van der Waals surface area contributed by atoms with Gasteiger partial charge >= 0.3 is 0 Å². The lowest BCUT2D eigenvalue weighted by Gasteiger charge is -2.57. The van der Waals surface area contributed by atoms with Crippen LogP contribution in [-0.4, -0.2) is 22.4 Å². The maximum Gasteiger partial charge on any atom is 0.0596 e. The summed E-state index contributed by atoms with van der Waals surface area (Å²) in [7, 11) is 0. The number of rotatable bonds is 0. The fourth-order valence-corrected chi connectivity index (χ4v) is 6.61. The van der Waals surface area contributed by atoms with Gasteiger partial charge in [-0.3, -0.25) is 0 Å². The highest BCUT2D eigenvalue weighted by molar-refractivity contribution is 5.25. The highest BCUT2D eigenvalue weighted by Crippen LogP contribution is 2.64. The lowest BCUT2D eigenvalue weighted by atomic mass is 9.48. The smallest absolute Gasteiger partial charge is 0.0596 e. The molecule has 3 saturated carbocycles. The van der Waals surface area contributed by atoms with Crippen LogP contribution in [0.1, 0.15) is 65.2 Å². The van der Waals surface area contributed by atoms with E-state index in [-0.39, 0.29) is 17.6 Å². The number of hydrogen-bond donors (Lipinski definition) is 2. The third-order valence-electron chi connectivity index (χ3n) is 8.03. The summed E-state index contributed by atoms with van der Waals surface area (Å²) in [6, 6.07) is 0. The van der Waals surface area contributed by atoms with Gasteiger partial charge in [-0.05, 0) is 80.0 Å². The molecule has 118 valence electrons. The molecule has 0 aromatic rings. The van der Waals surface area contributed by atoms with Crippen LogP contribution in [0.25, 0.3) is 0 Å². The Kier molecular flexibility index (Phi) is 3.11. The van der Waals surface area contributed by atoms with Gasteiger partial charge in [-0.25, -0.2) is 0 Å². The van der Waals surface area contributed by atoms with E-state index < -0.39 is 0 Å². The van der Waals surface area contributed by atoms with E-state index in [2.05, 4.69) is 19.9 Å². The molecule has 0 amide bonds. The van der Waals surface area contributed by atoms with Crippen molar-refractivity contribution in [2.75, 3.05) is 0 Å². The van der Waals surface area contributed by atoms with Crippen molar-refractivity contribution >= 4 is 0 Å². The molecule has 21 heavy (non-hydrogen) atoms. The molecule has 2 nitrogen and oxygen atoms in total. The van der Waals surface area contributed by atoms with E-state index in [1.54, 1.807) is 5.57 Å². The molecule has 0 spiro atoms. The standard InChI is InChI=1S/C19H30O2/c1-18-9-7-13(20)11-12(18)3-4-14-15-5-6-17(21)19(15,2)10-8-16(14)18/h3,13-17,20-21H,4-11H2,1-2H3/t13?,14-,15-,16-,17+,18-,19-/m0/s1. The molecule has 4 aliphatic rings. The van der Waals surface area contributed by atoms with Gasteiger partial charge in [-0.1, -0.05) is 25.5 Å². The fourth-order valence-electron chi connectivity index (χ4n) is 6.61. The minimum Gasteiger partial charge on any atom is -0.393 e. The van der Waals surface area contributed by atoms with Crippen molar-refractivity contribution in [2.24, 2.45) is 28.6 Å². The van der Waals surface area contributed by atoms with Gasteiger partial charge in [-0.15, -0.1) is 0 Å². The normalized spacial score (nSPS) is 56.2. The Morgan fingerprint density at radius 1 is 1.00 bits per heavy atom. The first kappa shape index (κ1) is 14.3. The van der Waals surface area contributed by atoms with E-state index in [9.17, 15) is 10.2 Å². The SMILES string of the molecule is C[C@]12CC[C@H]3[C@@H](CC=C4CC(O)CC[C@@]43C)[C@@H]1CC[C@H]2O. The summed E-state index contributed by atoms with van der Waals surface area (Å²) in [6.07, 6.45) is 11.2. The fraction of sp³-hybridized carbons (Fsp3) is 0.895. The largest absolute Gasteiger partial charge is 0.393 e. The zero-order valence-electron chi connectivity index (χ0n) is 13.5. The number of allylic oxidation sites excluding steroid dienone is 1. The molecule has 7 atom stereocenters. The average molecular weight is 290 g/mol. The Balaban J connectivity index is 1.68. The summed E-state index contributed by atoms with van der Waals surface area (Å²) >= 11 is 0. The van der Waals surface area contributed by atoms with Crippen LogP contribution < -0.4 is 0 Å². The van der Waals surface area contributed by atoms with Crippen molar-refractivity contribution < 1.29 is 10.2 Å². The van der Waals surface area contributed by atoms with Gasteiger partial charge in [0.05, 0.1) is 12.2 Å². The van der Waals surface area contributed by atoms with E-state index >= 15 is 0 Å². The van der Waals surface area contributed by atoms with Gasteiger partial charge in [0.15, 0.2) is 0 Å². The summed E-state index contributed by atoms with van der Waals surface area (Å²) in [5.41, 5.74) is 2.05. The van der Waals surface area contributed by atoms with Gasteiger partial charge in [0.2, 0.25) is 0 Å². The van der Waals surface area contributed by atoms with Gasteiger partial charge < -0.3 is 10.2 Å². The lowest BCUT2D eigenvalue weighted by molar-refractivity contribution is -0.0711. The van der Waals surface area contributed by atoms with Crippen LogP contribution in [-0.2, 0) is 0 Å². The van der Waals surface area contributed by atoms with Gasteiger partial charge in [0, 0.05) is 0 Å². The predicted molar refractivity (Wildman–Crippen MR) is 83.7 cm³/mol. The molecule has 0 aromatic heterocycles. The topological polar surface area (TPSA) is 40.5 Å². The van der Waals surface area contributed by atoms with Crippen molar-refractivity contribution in [3.8, 4) is 0 Å². The molecule has 4 aliphatic carbocycles. The predicted octanol–water partition coefficient (Wildman–Crippen LogP) is 3.67. The van der Waals surface area contributed by atoms with Crippen molar-refractivity contribution in [1.82, 2.24) is 0 Å². The number of aliphatic hydroxyl groups is 2. The van der Waals surface area contributed by atoms with Gasteiger partial charge in [0.25, 0.3) is 0 Å². The zero-order chi connectivity index (χ0) is 14.8. The minimum atomic E-state index is -0.108. The van der Waals surface area contributed by atoms with Crippen molar-refractivity contribution in [1.29, 1.82) is 0 Å². The first-order valence-electron chi connectivity index (χ1n) is 9.01. The maximum absolute atomic E-state index is 10.5. The molecule has 0 aromatic carbocycles. The molecule has 3 fully saturated rings. The first-order chi connectivity index (χ1) is 9.95. The Morgan fingerprint density at radius 2 is 1.81 bits per heavy atom. The molecule has 2 heteroatoms. The Bertz CT molecular complexity index is 470. The molecule has 4 rings (SSSR count). The van der Waals surface area contributed by atoms with Crippen LogP contribution >= 0.6 is 0 Å². The second kappa shape index (κ2) is 4.58. The van der Waals surface area contributed by atoms with Gasteiger partial charge in [-0.2, -0.15) is 0 Å². The molecular weight excluding hydrogens is 260 g/mol. The quantitative estimate of drug-likeness (QED) is 0.668. The summed E-state index contributed by atoms with van der Waals surface area (Å²) in [4.78, 5) is 0. The average Bonchev–Trinajstić information content (AvgIpc) is 2.76. The van der Waals surface area contributed by atoms with E-state index in [1.165, 1.54) is 25.7 Å². The van der Waals surface area contributed by atoms with Crippen LogP contribution in [0.5, 0.6) is 0 Å². The van der Waals surface area contributed by atoms with E-state index in [0.29, 0.717) is 11.3 Å². The molecule has 1 unspecified atom stereocenters. The number of hydrogen-bond acceptors (Lipinski definition) is 2. The molecule has 0 radical (unpaired) electrons. The van der Waals surface area contributed by atoms with Crippen molar-refractivity contribution in [3.05, 3.63) is 11.6 Å². The first-order valence-corrected chi connectivity index (χ1v) is 9.01. The van der Waals surface area contributed by atoms with Crippen molar-refractivity contribution in [3.63, 3.8) is 0 Å². The highest BCUT2D eigenvalue weighted by atomic mass is 16.3. The van der Waals surface area contributed by atoms with Gasteiger partial charge in [0.1, 0.15) is 0 Å². The number of fused-ring (bicyclic) bond motifs is 5. The second-order valence-electron chi connectivity index (χ2n) is 8.79. The summed E-state index contributed by atoms with van der Waals surface area (Å²) in [6.45, 7) is 4.81. The monoisotopic (exact) mass is 290 g/mol. The molecule has 2 N–H and O–H groups in total. The third-order valence-corrected chi connectivity index (χ3v) is 8.03. The van der Waals surface area contributed by atoms with Crippen molar-refractivity contribution in [2.45, 2.75) is 77.4 Å². The maximum atomic E-state index is 10.5. The Labute approximate surface area is 128 Å². The van der Waals surface area contributed by atoms with E-state index in [4.69, 9.17) is 0 Å². The minimum absolute atomic E-state index is 0.0742. The summed E-state index contributed by atoms with van der Waals surface area (Å²) in [5, 5.41) is 20.5. The van der Waals surface area contributed by atoms with Crippen LogP contribution in [0.4, 0.5) is 0 Å². The molecule has 0 saturated heterocycles. The van der Waals surface area contributed by atoms with Crippen LogP contribution in [0, 0.1) is 28.6 Å². The Morgan fingerprint density at radius 3 is 2.62 bits per heavy atom. The highest BCUT2D eigenvalue weighted by Gasteiger charge is 2.58. The zero-order valence-corrected chi connectivity index (χ0v) is 13.5. The van der Waals surface area contributed by atoms with E-state index in [0.717, 1.165) is 37.5 Å². The molecular formula is C19H30O2. The third kappa shape index (κ3) is 1.84. The van der Waals surface area contributed by atoms with Crippen LogP contribution in [0.2, 0.25) is 0 Å².